The van der Waals surface area contributed by atoms with Crippen LogP contribution in [-0.4, -0.2) is 37.2 Å². The van der Waals surface area contributed by atoms with Crippen molar-refractivity contribution in [2.45, 2.75) is 303 Å². The number of unbranched alkanes of at least 4 members (excludes halogenated alkanes) is 30. The van der Waals surface area contributed by atoms with Gasteiger partial charge in [-0.05, 0) is 96.3 Å². The van der Waals surface area contributed by atoms with E-state index >= 15 is 0 Å². The molecule has 0 aromatic heterocycles. The monoisotopic (exact) mass is 1000 g/mol. The Bertz CT molecular complexity index is 1380. The fourth-order valence-corrected chi connectivity index (χ4v) is 8.56. The predicted molar refractivity (Wildman–Crippen MR) is 311 cm³/mol. The average Bonchev–Trinajstić information content (AvgIpc) is 3.38. The summed E-state index contributed by atoms with van der Waals surface area (Å²) in [5, 5.41) is 0. The molecule has 1 unspecified atom stereocenters. The zero-order valence-electron chi connectivity index (χ0n) is 47.4. The second-order valence-corrected chi connectivity index (χ2v) is 20.2. The van der Waals surface area contributed by atoms with Gasteiger partial charge in [0, 0.05) is 19.3 Å². The molecule has 0 heterocycles. The highest BCUT2D eigenvalue weighted by molar-refractivity contribution is 5.71. The smallest absolute Gasteiger partial charge is 0.306 e. The first kappa shape index (κ1) is 68.6. The third-order valence-corrected chi connectivity index (χ3v) is 13.1. The van der Waals surface area contributed by atoms with Gasteiger partial charge >= 0.3 is 17.9 Å². The van der Waals surface area contributed by atoms with E-state index in [9.17, 15) is 14.4 Å². The molecule has 0 amide bonds. The Morgan fingerprint density at radius 3 is 0.889 bits per heavy atom. The molecule has 0 rings (SSSR count). The van der Waals surface area contributed by atoms with Crippen LogP contribution in [0.4, 0.5) is 0 Å². The van der Waals surface area contributed by atoms with Crippen LogP contribution in [0.3, 0.4) is 0 Å². The molecule has 0 aliphatic heterocycles. The summed E-state index contributed by atoms with van der Waals surface area (Å²) in [7, 11) is 0. The van der Waals surface area contributed by atoms with Crippen molar-refractivity contribution in [2.75, 3.05) is 13.2 Å². The highest BCUT2D eigenvalue weighted by Gasteiger charge is 2.19. The van der Waals surface area contributed by atoms with E-state index in [-0.39, 0.29) is 31.1 Å². The van der Waals surface area contributed by atoms with Gasteiger partial charge in [0.15, 0.2) is 6.10 Å². The molecule has 0 saturated carbocycles. The van der Waals surface area contributed by atoms with Crippen molar-refractivity contribution in [3.8, 4) is 0 Å². The number of allylic oxidation sites excluding steroid dienone is 14. The van der Waals surface area contributed by atoms with Gasteiger partial charge in [-0.25, -0.2) is 0 Å². The van der Waals surface area contributed by atoms with E-state index in [4.69, 9.17) is 14.2 Å². The summed E-state index contributed by atoms with van der Waals surface area (Å²) >= 11 is 0. The van der Waals surface area contributed by atoms with Crippen LogP contribution in [0.15, 0.2) is 85.1 Å². The molecular formula is C66H114O6. The van der Waals surface area contributed by atoms with Gasteiger partial charge in [0.25, 0.3) is 0 Å². The number of carbonyl (C=O) groups is 3. The molecule has 414 valence electrons. The van der Waals surface area contributed by atoms with Crippen molar-refractivity contribution in [1.82, 2.24) is 0 Å². The average molecular weight is 1000 g/mol. The maximum atomic E-state index is 12.8. The summed E-state index contributed by atoms with van der Waals surface area (Å²) in [6, 6.07) is 0. The Labute approximate surface area is 445 Å². The topological polar surface area (TPSA) is 78.9 Å². The summed E-state index contributed by atoms with van der Waals surface area (Å²) in [5.74, 6) is -0.884. The molecule has 0 N–H and O–H groups in total. The van der Waals surface area contributed by atoms with Gasteiger partial charge in [0.05, 0.1) is 0 Å². The molecule has 0 saturated heterocycles. The van der Waals surface area contributed by atoms with E-state index in [0.29, 0.717) is 19.3 Å². The molecule has 1 atom stereocenters. The van der Waals surface area contributed by atoms with Gasteiger partial charge in [0.1, 0.15) is 13.2 Å². The van der Waals surface area contributed by atoms with Gasteiger partial charge in [-0.3, -0.25) is 14.4 Å². The minimum atomic E-state index is -0.774. The lowest BCUT2D eigenvalue weighted by atomic mass is 10.0. The molecule has 0 aliphatic rings. The van der Waals surface area contributed by atoms with Crippen LogP contribution < -0.4 is 0 Å². The zero-order chi connectivity index (χ0) is 52.2. The van der Waals surface area contributed by atoms with Gasteiger partial charge in [-0.1, -0.05) is 266 Å². The summed E-state index contributed by atoms with van der Waals surface area (Å²) in [6.45, 7) is 6.46. The van der Waals surface area contributed by atoms with Crippen LogP contribution in [0.2, 0.25) is 0 Å². The first-order valence-electron chi connectivity index (χ1n) is 30.6. The fourth-order valence-electron chi connectivity index (χ4n) is 8.56. The van der Waals surface area contributed by atoms with Crippen molar-refractivity contribution in [3.63, 3.8) is 0 Å². The number of hydrogen-bond donors (Lipinski definition) is 0. The molecule has 0 spiro atoms. The van der Waals surface area contributed by atoms with Crippen LogP contribution in [0.1, 0.15) is 297 Å². The Balaban J connectivity index is 3.96. The summed E-state index contributed by atoms with van der Waals surface area (Å²) in [6.07, 6.45) is 79.1. The van der Waals surface area contributed by atoms with Crippen molar-refractivity contribution < 1.29 is 28.6 Å². The third kappa shape index (κ3) is 57.5. The maximum absolute atomic E-state index is 12.8. The predicted octanol–water partition coefficient (Wildman–Crippen LogP) is 20.7. The minimum Gasteiger partial charge on any atom is -0.462 e. The van der Waals surface area contributed by atoms with Gasteiger partial charge in [-0.2, -0.15) is 0 Å². The summed E-state index contributed by atoms with van der Waals surface area (Å²) in [5.41, 5.74) is 0. The Hall–Kier alpha value is -3.41. The van der Waals surface area contributed by atoms with E-state index in [0.717, 1.165) is 109 Å². The number of carbonyl (C=O) groups excluding carboxylic acids is 3. The number of hydrogen-bond acceptors (Lipinski definition) is 6. The lowest BCUT2D eigenvalue weighted by molar-refractivity contribution is -0.167. The van der Waals surface area contributed by atoms with E-state index in [2.05, 4.69) is 106 Å². The molecule has 0 aromatic rings. The van der Waals surface area contributed by atoms with Crippen molar-refractivity contribution in [2.24, 2.45) is 0 Å². The lowest BCUT2D eigenvalue weighted by Gasteiger charge is -2.18. The molecule has 72 heavy (non-hydrogen) atoms. The van der Waals surface area contributed by atoms with Crippen LogP contribution in [0.5, 0.6) is 0 Å². The van der Waals surface area contributed by atoms with Gasteiger partial charge < -0.3 is 14.2 Å². The molecule has 0 aromatic carbocycles. The van der Waals surface area contributed by atoms with E-state index in [1.54, 1.807) is 0 Å². The van der Waals surface area contributed by atoms with Crippen molar-refractivity contribution in [1.29, 1.82) is 0 Å². The van der Waals surface area contributed by atoms with Crippen LogP contribution in [0.25, 0.3) is 0 Å². The Kier molecular flexibility index (Phi) is 57.3. The fraction of sp³-hybridized carbons (Fsp3) is 0.742. The van der Waals surface area contributed by atoms with E-state index in [1.165, 1.54) is 148 Å². The van der Waals surface area contributed by atoms with Gasteiger partial charge in [0.2, 0.25) is 0 Å². The molecular weight excluding hydrogens is 889 g/mol. The molecule has 0 aliphatic carbocycles. The Morgan fingerprint density at radius 2 is 0.542 bits per heavy atom. The van der Waals surface area contributed by atoms with Crippen LogP contribution in [0, 0.1) is 0 Å². The van der Waals surface area contributed by atoms with Crippen molar-refractivity contribution >= 4 is 17.9 Å². The quantitative estimate of drug-likeness (QED) is 0.0261. The summed E-state index contributed by atoms with van der Waals surface area (Å²) < 4.78 is 16.8. The number of rotatable bonds is 55. The third-order valence-electron chi connectivity index (χ3n) is 13.1. The normalized spacial score (nSPS) is 12.7. The van der Waals surface area contributed by atoms with Gasteiger partial charge in [-0.15, -0.1) is 0 Å². The second-order valence-electron chi connectivity index (χ2n) is 20.2. The SMILES string of the molecule is CC/C=C\C/C=C\C/C=C\C/C=C\C/C=C\C/C=C\CCCCCCCCCCCCCCCCCCC(=O)OCC(COC(=O)CCCCCCCCC)OC(=O)CCCCCCC/C=C\CCCCC. The molecule has 6 heteroatoms. The highest BCUT2D eigenvalue weighted by Crippen LogP contribution is 2.16. The second kappa shape index (κ2) is 60.1. The zero-order valence-corrected chi connectivity index (χ0v) is 47.4. The standard InChI is InChI=1S/C66H114O6/c1-4-7-10-13-16-18-20-22-23-24-25-26-27-28-29-30-31-32-33-34-35-36-37-38-39-40-41-42-43-44-46-47-50-53-56-59-65(68)71-62-63(61-70-64(67)58-55-52-49-15-12-9-6-3)72-66(69)60-57-54-51-48-45-21-19-17-14-11-8-5-2/h7,10,16-19,22-23,25-26,28-29,31-32,63H,4-6,8-9,11-15,20-21,24,27,30,33-62H2,1-3H3/b10-7-,18-16-,19-17-,23-22-,26-25-,29-28-,32-31-. The van der Waals surface area contributed by atoms with Crippen LogP contribution in [-0.2, 0) is 28.6 Å². The first-order valence-corrected chi connectivity index (χ1v) is 30.6. The van der Waals surface area contributed by atoms with E-state index < -0.39 is 6.10 Å². The molecule has 6 nitrogen and oxygen atoms in total. The lowest BCUT2D eigenvalue weighted by Crippen LogP contribution is -2.30. The first-order chi connectivity index (χ1) is 35.5. The maximum Gasteiger partial charge on any atom is 0.306 e. The van der Waals surface area contributed by atoms with Crippen LogP contribution >= 0.6 is 0 Å². The van der Waals surface area contributed by atoms with Crippen molar-refractivity contribution in [3.05, 3.63) is 85.1 Å². The largest absolute Gasteiger partial charge is 0.462 e. The summed E-state index contributed by atoms with van der Waals surface area (Å²) in [4.78, 5) is 37.9. The van der Waals surface area contributed by atoms with E-state index in [1.807, 2.05) is 0 Å². The molecule has 0 fully saturated rings. The number of ether oxygens (including phenoxy) is 3. The Morgan fingerprint density at radius 1 is 0.292 bits per heavy atom. The minimum absolute atomic E-state index is 0.0758. The highest BCUT2D eigenvalue weighted by atomic mass is 16.6. The number of esters is 3. The molecule has 0 bridgehead atoms. The molecule has 0 radical (unpaired) electrons.